The van der Waals surface area contributed by atoms with Crippen LogP contribution in [-0.2, 0) is 18.4 Å². The van der Waals surface area contributed by atoms with E-state index < -0.39 is 5.97 Å². The van der Waals surface area contributed by atoms with Gasteiger partial charge in [-0.1, -0.05) is 13.3 Å². The minimum atomic E-state index is -0.706. The van der Waals surface area contributed by atoms with E-state index >= 15 is 0 Å². The molecule has 2 unspecified atom stereocenters. The van der Waals surface area contributed by atoms with Crippen LogP contribution in [0, 0.1) is 5.92 Å². The molecular formula is C13H21N3O2. The van der Waals surface area contributed by atoms with Gasteiger partial charge in [0.1, 0.15) is 11.9 Å². The number of rotatable bonds is 4. The molecule has 5 heteroatoms. The highest BCUT2D eigenvalue weighted by atomic mass is 16.4. The van der Waals surface area contributed by atoms with Gasteiger partial charge >= 0.3 is 5.97 Å². The van der Waals surface area contributed by atoms with Crippen molar-refractivity contribution < 1.29 is 9.90 Å². The zero-order chi connectivity index (χ0) is 13.1. The molecule has 2 atom stereocenters. The molecule has 0 spiro atoms. The first kappa shape index (κ1) is 13.1. The van der Waals surface area contributed by atoms with Crippen LogP contribution in [0.25, 0.3) is 0 Å². The number of likely N-dealkylation sites (tertiary alicyclic amines) is 1. The minimum absolute atomic E-state index is 0.361. The van der Waals surface area contributed by atoms with Gasteiger partial charge in [0.25, 0.3) is 0 Å². The number of carboxylic acid groups (broad SMARTS) is 1. The summed E-state index contributed by atoms with van der Waals surface area (Å²) in [5, 5.41) is 9.35. The number of piperidine rings is 1. The van der Waals surface area contributed by atoms with Gasteiger partial charge in [0.05, 0.1) is 6.54 Å². The molecule has 1 saturated heterocycles. The van der Waals surface area contributed by atoms with Crippen molar-refractivity contribution in [2.45, 2.75) is 38.8 Å². The third-order valence-electron chi connectivity index (χ3n) is 3.95. The topological polar surface area (TPSA) is 58.4 Å². The second kappa shape index (κ2) is 5.52. The molecule has 1 aromatic rings. The standard InChI is InChI=1S/C13H21N3O2/c1-3-10-4-6-16(11(8-10)13(17)18)9-12-14-5-7-15(12)2/h5,7,10-11H,3-4,6,8-9H2,1-2H3,(H,17,18). The molecule has 0 aromatic carbocycles. The van der Waals surface area contributed by atoms with Crippen LogP contribution >= 0.6 is 0 Å². The highest BCUT2D eigenvalue weighted by Crippen LogP contribution is 2.26. The summed E-state index contributed by atoms with van der Waals surface area (Å²) >= 11 is 0. The molecule has 0 saturated carbocycles. The molecule has 5 nitrogen and oxygen atoms in total. The molecule has 2 heterocycles. The van der Waals surface area contributed by atoms with Crippen molar-refractivity contribution in [3.8, 4) is 0 Å². The van der Waals surface area contributed by atoms with Crippen LogP contribution in [0.3, 0.4) is 0 Å². The van der Waals surface area contributed by atoms with E-state index in [0.29, 0.717) is 12.5 Å². The highest BCUT2D eigenvalue weighted by molar-refractivity contribution is 5.73. The van der Waals surface area contributed by atoms with Crippen LogP contribution < -0.4 is 0 Å². The number of aromatic nitrogens is 2. The number of carboxylic acids is 1. The first-order chi connectivity index (χ1) is 8.61. The highest BCUT2D eigenvalue weighted by Gasteiger charge is 2.33. The van der Waals surface area contributed by atoms with E-state index in [0.717, 1.165) is 31.6 Å². The van der Waals surface area contributed by atoms with Crippen molar-refractivity contribution in [1.82, 2.24) is 14.5 Å². The normalized spacial score (nSPS) is 25.2. The van der Waals surface area contributed by atoms with Crippen LogP contribution in [0.15, 0.2) is 12.4 Å². The van der Waals surface area contributed by atoms with Gasteiger partial charge in [-0.25, -0.2) is 4.98 Å². The summed E-state index contributed by atoms with van der Waals surface area (Å²) in [5.74, 6) is 0.766. The van der Waals surface area contributed by atoms with Gasteiger partial charge in [0, 0.05) is 19.4 Å². The van der Waals surface area contributed by atoms with E-state index in [4.69, 9.17) is 0 Å². The SMILES string of the molecule is CCC1CCN(Cc2nccn2C)C(C(=O)O)C1. The lowest BCUT2D eigenvalue weighted by Crippen LogP contribution is -2.46. The molecule has 100 valence electrons. The second-order valence-corrected chi connectivity index (χ2v) is 5.08. The summed E-state index contributed by atoms with van der Waals surface area (Å²) < 4.78 is 1.95. The Morgan fingerprint density at radius 3 is 2.94 bits per heavy atom. The summed E-state index contributed by atoms with van der Waals surface area (Å²) in [4.78, 5) is 17.7. The average molecular weight is 251 g/mol. The number of aliphatic carboxylic acids is 1. The molecule has 0 amide bonds. The third kappa shape index (κ3) is 2.72. The average Bonchev–Trinajstić information content (AvgIpc) is 2.75. The second-order valence-electron chi connectivity index (χ2n) is 5.08. The predicted octanol–water partition coefficient (Wildman–Crippen LogP) is 1.50. The molecule has 1 N–H and O–H groups in total. The number of nitrogens with zero attached hydrogens (tertiary/aromatic N) is 3. The molecule has 2 rings (SSSR count). The largest absolute Gasteiger partial charge is 0.480 e. The molecular weight excluding hydrogens is 230 g/mol. The van der Waals surface area contributed by atoms with E-state index in [1.807, 2.05) is 22.7 Å². The van der Waals surface area contributed by atoms with Gasteiger partial charge in [0.2, 0.25) is 0 Å². The monoisotopic (exact) mass is 251 g/mol. The smallest absolute Gasteiger partial charge is 0.320 e. The van der Waals surface area contributed by atoms with Gasteiger partial charge in [0.15, 0.2) is 0 Å². The number of hydrogen-bond acceptors (Lipinski definition) is 3. The maximum Gasteiger partial charge on any atom is 0.320 e. The summed E-state index contributed by atoms with van der Waals surface area (Å²) in [6.07, 6.45) is 6.56. The Morgan fingerprint density at radius 2 is 2.39 bits per heavy atom. The van der Waals surface area contributed by atoms with Gasteiger partial charge in [-0.15, -0.1) is 0 Å². The van der Waals surface area contributed by atoms with Crippen molar-refractivity contribution in [3.05, 3.63) is 18.2 Å². The van der Waals surface area contributed by atoms with Crippen molar-refractivity contribution in [2.75, 3.05) is 6.54 Å². The van der Waals surface area contributed by atoms with Gasteiger partial charge < -0.3 is 9.67 Å². The molecule has 0 aliphatic carbocycles. The summed E-state index contributed by atoms with van der Waals surface area (Å²) in [5.41, 5.74) is 0. The maximum atomic E-state index is 11.4. The molecule has 1 aliphatic heterocycles. The molecule has 18 heavy (non-hydrogen) atoms. The fourth-order valence-corrected chi connectivity index (χ4v) is 2.63. The Kier molecular flexibility index (Phi) is 4.01. The first-order valence-corrected chi connectivity index (χ1v) is 6.54. The third-order valence-corrected chi connectivity index (χ3v) is 3.95. The molecule has 1 fully saturated rings. The lowest BCUT2D eigenvalue weighted by Gasteiger charge is -2.36. The molecule has 1 aromatic heterocycles. The number of imidazole rings is 1. The first-order valence-electron chi connectivity index (χ1n) is 6.54. The summed E-state index contributed by atoms with van der Waals surface area (Å²) in [6, 6.07) is -0.361. The number of hydrogen-bond donors (Lipinski definition) is 1. The Bertz CT molecular complexity index is 416. The van der Waals surface area contributed by atoms with Gasteiger partial charge in [-0.2, -0.15) is 0 Å². The van der Waals surface area contributed by atoms with Crippen molar-refractivity contribution in [2.24, 2.45) is 13.0 Å². The van der Waals surface area contributed by atoms with Gasteiger partial charge in [-0.3, -0.25) is 9.69 Å². The Labute approximate surface area is 107 Å². The van der Waals surface area contributed by atoms with E-state index in [2.05, 4.69) is 11.9 Å². The predicted molar refractivity (Wildman–Crippen MR) is 68.1 cm³/mol. The quantitative estimate of drug-likeness (QED) is 0.881. The van der Waals surface area contributed by atoms with E-state index in [-0.39, 0.29) is 6.04 Å². The van der Waals surface area contributed by atoms with E-state index in [1.165, 1.54) is 0 Å². The minimum Gasteiger partial charge on any atom is -0.480 e. The van der Waals surface area contributed by atoms with Crippen LogP contribution in [0.1, 0.15) is 32.0 Å². The zero-order valence-electron chi connectivity index (χ0n) is 11.0. The number of aryl methyl sites for hydroxylation is 1. The maximum absolute atomic E-state index is 11.4. The van der Waals surface area contributed by atoms with Crippen LogP contribution in [-0.4, -0.2) is 38.1 Å². The Balaban J connectivity index is 2.07. The molecule has 0 radical (unpaired) electrons. The molecule has 0 bridgehead atoms. The lowest BCUT2D eigenvalue weighted by atomic mass is 9.89. The lowest BCUT2D eigenvalue weighted by molar-refractivity contribution is -0.145. The van der Waals surface area contributed by atoms with Crippen molar-refractivity contribution in [3.63, 3.8) is 0 Å². The Hall–Kier alpha value is -1.36. The van der Waals surface area contributed by atoms with Crippen molar-refractivity contribution >= 4 is 5.97 Å². The fraction of sp³-hybridized carbons (Fsp3) is 0.692. The number of carbonyl (C=O) groups is 1. The fourth-order valence-electron chi connectivity index (χ4n) is 2.63. The van der Waals surface area contributed by atoms with Crippen LogP contribution in [0.4, 0.5) is 0 Å². The summed E-state index contributed by atoms with van der Waals surface area (Å²) in [7, 11) is 1.94. The summed E-state index contributed by atoms with van der Waals surface area (Å²) in [6.45, 7) is 3.61. The zero-order valence-corrected chi connectivity index (χ0v) is 11.0. The Morgan fingerprint density at radius 1 is 1.61 bits per heavy atom. The van der Waals surface area contributed by atoms with Crippen LogP contribution in [0.5, 0.6) is 0 Å². The van der Waals surface area contributed by atoms with Gasteiger partial charge in [-0.05, 0) is 25.3 Å². The van der Waals surface area contributed by atoms with Crippen LogP contribution in [0.2, 0.25) is 0 Å². The van der Waals surface area contributed by atoms with E-state index in [1.54, 1.807) is 6.20 Å². The molecule has 1 aliphatic rings. The van der Waals surface area contributed by atoms with Crippen molar-refractivity contribution in [1.29, 1.82) is 0 Å². The van der Waals surface area contributed by atoms with E-state index in [9.17, 15) is 9.90 Å².